The maximum absolute atomic E-state index is 13.4. The zero-order valence-corrected chi connectivity index (χ0v) is 33.6. The highest BCUT2D eigenvalue weighted by Gasteiger charge is 2.30. The summed E-state index contributed by atoms with van der Waals surface area (Å²) in [5.41, 5.74) is 2.76. The standard InChI is InChI=1S/C21H20ClFN2O2S.C21H21ClN2O2S/c1-14-8-10-25(11-9-14)21-18-7-2-15(22)12-19(18)24-13-20(21)28(26,27)17-5-3-16(23)4-6-17;1-15-9-11-24(12-10-15)21-18-8-7-16(22)13-19(18)23-14-20(21)27(25,26)17-5-3-2-4-6-17/h2-7,12-14H,8-11H2,1H3;2-8,13-15H,9-12H2,1H3. The van der Waals surface area contributed by atoms with Gasteiger partial charge in [0, 0.05) is 59.4 Å². The predicted molar refractivity (Wildman–Crippen MR) is 218 cm³/mol. The fourth-order valence-electron chi connectivity index (χ4n) is 7.25. The van der Waals surface area contributed by atoms with Crippen molar-refractivity contribution in [3.05, 3.63) is 119 Å². The van der Waals surface area contributed by atoms with E-state index in [0.29, 0.717) is 38.6 Å². The summed E-state index contributed by atoms with van der Waals surface area (Å²) in [4.78, 5) is 13.8. The van der Waals surface area contributed by atoms with Crippen LogP contribution in [0.15, 0.2) is 123 Å². The highest BCUT2D eigenvalue weighted by molar-refractivity contribution is 7.92. The third-order valence-electron chi connectivity index (χ3n) is 10.5. The minimum Gasteiger partial charge on any atom is -0.370 e. The van der Waals surface area contributed by atoms with Gasteiger partial charge >= 0.3 is 0 Å². The molecule has 0 N–H and O–H groups in total. The van der Waals surface area contributed by atoms with Gasteiger partial charge in [-0.05, 0) is 110 Å². The van der Waals surface area contributed by atoms with Crippen molar-refractivity contribution in [2.45, 2.75) is 59.1 Å². The molecule has 4 aromatic carbocycles. The van der Waals surface area contributed by atoms with Gasteiger partial charge in [-0.1, -0.05) is 55.2 Å². The van der Waals surface area contributed by atoms with Gasteiger partial charge in [0.05, 0.1) is 32.2 Å². The molecule has 55 heavy (non-hydrogen) atoms. The summed E-state index contributed by atoms with van der Waals surface area (Å²) < 4.78 is 66.8. The van der Waals surface area contributed by atoms with Crippen molar-refractivity contribution in [3.8, 4) is 0 Å². The summed E-state index contributed by atoms with van der Waals surface area (Å²) >= 11 is 12.2. The molecule has 8 nitrogen and oxygen atoms in total. The number of benzene rings is 4. The molecule has 2 aliphatic heterocycles. The van der Waals surface area contributed by atoms with Crippen molar-refractivity contribution in [2.24, 2.45) is 11.8 Å². The van der Waals surface area contributed by atoms with E-state index in [1.807, 2.05) is 18.2 Å². The molecule has 286 valence electrons. The van der Waals surface area contributed by atoms with E-state index < -0.39 is 25.5 Å². The Morgan fingerprint density at radius 2 is 0.982 bits per heavy atom. The van der Waals surface area contributed by atoms with Crippen molar-refractivity contribution in [3.63, 3.8) is 0 Å². The van der Waals surface area contributed by atoms with Crippen LogP contribution in [0.2, 0.25) is 10.0 Å². The van der Waals surface area contributed by atoms with Crippen molar-refractivity contribution in [1.29, 1.82) is 0 Å². The molecule has 0 saturated carbocycles. The molecule has 0 unspecified atom stereocenters. The second kappa shape index (κ2) is 16.1. The maximum atomic E-state index is 13.4. The molecule has 0 aliphatic carbocycles. The second-order valence-corrected chi connectivity index (χ2v) is 19.1. The lowest BCUT2D eigenvalue weighted by Crippen LogP contribution is -2.34. The predicted octanol–water partition coefficient (Wildman–Crippen LogP) is 10.1. The summed E-state index contributed by atoms with van der Waals surface area (Å²) in [6, 6.07) is 24.2. The van der Waals surface area contributed by atoms with Gasteiger partial charge in [0.1, 0.15) is 15.6 Å². The first-order chi connectivity index (χ1) is 26.3. The topological polar surface area (TPSA) is 101 Å². The van der Waals surface area contributed by atoms with E-state index in [4.69, 9.17) is 23.2 Å². The van der Waals surface area contributed by atoms with Gasteiger partial charge in [-0.3, -0.25) is 9.97 Å². The monoisotopic (exact) mass is 818 g/mol. The molecule has 0 spiro atoms. The number of rotatable bonds is 6. The lowest BCUT2D eigenvalue weighted by molar-refractivity contribution is 0.437. The van der Waals surface area contributed by atoms with Crippen molar-refractivity contribution < 1.29 is 21.2 Å². The Labute approximate surface area is 331 Å². The van der Waals surface area contributed by atoms with Crippen molar-refractivity contribution in [2.75, 3.05) is 36.0 Å². The van der Waals surface area contributed by atoms with Gasteiger partial charge in [-0.2, -0.15) is 0 Å². The molecule has 2 aromatic heterocycles. The van der Waals surface area contributed by atoms with Crippen molar-refractivity contribution in [1.82, 2.24) is 9.97 Å². The number of hydrogen-bond donors (Lipinski definition) is 0. The fourth-order valence-corrected chi connectivity index (χ4v) is 10.5. The van der Waals surface area contributed by atoms with Crippen LogP contribution in [-0.2, 0) is 19.7 Å². The molecule has 0 amide bonds. The van der Waals surface area contributed by atoms with Crippen LogP contribution in [0.1, 0.15) is 39.5 Å². The van der Waals surface area contributed by atoms with Gasteiger partial charge in [0.15, 0.2) is 0 Å². The number of fused-ring (bicyclic) bond motifs is 2. The average molecular weight is 820 g/mol. The number of piperidine rings is 2. The van der Waals surface area contributed by atoms with Crippen LogP contribution in [0, 0.1) is 17.7 Å². The van der Waals surface area contributed by atoms with Gasteiger partial charge in [-0.15, -0.1) is 0 Å². The Bertz CT molecular complexity index is 2560. The largest absolute Gasteiger partial charge is 0.370 e. The van der Waals surface area contributed by atoms with E-state index in [-0.39, 0.29) is 19.6 Å². The van der Waals surface area contributed by atoms with E-state index in [2.05, 4.69) is 33.6 Å². The van der Waals surface area contributed by atoms with Crippen LogP contribution in [0.25, 0.3) is 21.8 Å². The lowest BCUT2D eigenvalue weighted by atomic mass is 9.98. The molecule has 4 heterocycles. The zero-order chi connectivity index (χ0) is 38.9. The molecule has 8 rings (SSSR count). The van der Waals surface area contributed by atoms with Gasteiger partial charge < -0.3 is 9.80 Å². The Kier molecular flexibility index (Phi) is 11.4. The Morgan fingerprint density at radius 3 is 1.40 bits per heavy atom. The van der Waals surface area contributed by atoms with Crippen LogP contribution in [0.5, 0.6) is 0 Å². The Hall–Kier alpha value is -4.29. The number of aromatic nitrogens is 2. The summed E-state index contributed by atoms with van der Waals surface area (Å²) in [5, 5.41) is 2.72. The SMILES string of the molecule is CC1CCN(c2c(S(=O)(=O)c3ccc(F)cc3)cnc3cc(Cl)ccc23)CC1.CC1CCN(c2c(S(=O)(=O)c3ccccc3)cnc3cc(Cl)ccc23)CC1. The van der Waals surface area contributed by atoms with Gasteiger partial charge in [-0.25, -0.2) is 21.2 Å². The quantitative estimate of drug-likeness (QED) is 0.153. The van der Waals surface area contributed by atoms with Gasteiger partial charge in [0.25, 0.3) is 0 Å². The Morgan fingerprint density at radius 1 is 0.582 bits per heavy atom. The molecule has 0 radical (unpaired) electrons. The number of halogens is 3. The molecular weight excluding hydrogens is 779 g/mol. The number of sulfone groups is 2. The molecule has 0 bridgehead atoms. The third-order valence-corrected chi connectivity index (χ3v) is 14.5. The van der Waals surface area contributed by atoms with Crippen LogP contribution in [0.3, 0.4) is 0 Å². The van der Waals surface area contributed by atoms with E-state index in [9.17, 15) is 21.2 Å². The van der Waals surface area contributed by atoms with Crippen molar-refractivity contribution >= 4 is 76.1 Å². The molecule has 6 aromatic rings. The second-order valence-electron chi connectivity index (χ2n) is 14.4. The first kappa shape index (κ1) is 39.0. The number of anilines is 2. The molecule has 13 heteroatoms. The van der Waals surface area contributed by atoms with Crippen LogP contribution < -0.4 is 9.80 Å². The van der Waals surface area contributed by atoms with Crippen LogP contribution >= 0.6 is 23.2 Å². The zero-order valence-electron chi connectivity index (χ0n) is 30.5. The van der Waals surface area contributed by atoms with E-state index in [1.165, 1.54) is 24.5 Å². The molecule has 2 saturated heterocycles. The summed E-state index contributed by atoms with van der Waals surface area (Å²) in [7, 11) is -7.53. The number of pyridine rings is 2. The molecule has 0 atom stereocenters. The molecule has 2 fully saturated rings. The molecular formula is C42H41Cl2FN4O4S2. The fraction of sp³-hybridized carbons (Fsp3) is 0.286. The van der Waals surface area contributed by atoms with Crippen LogP contribution in [0.4, 0.5) is 15.8 Å². The summed E-state index contributed by atoms with van der Waals surface area (Å²) in [6.45, 7) is 7.66. The first-order valence-corrected chi connectivity index (χ1v) is 22.0. The highest BCUT2D eigenvalue weighted by atomic mass is 35.5. The number of hydrogen-bond acceptors (Lipinski definition) is 8. The lowest BCUT2D eigenvalue weighted by Gasteiger charge is -2.34. The normalized spacial score (nSPS) is 15.9. The van der Waals surface area contributed by atoms with E-state index >= 15 is 0 Å². The van der Waals surface area contributed by atoms with Gasteiger partial charge in [0.2, 0.25) is 19.7 Å². The maximum Gasteiger partial charge on any atom is 0.210 e. The number of nitrogens with zero attached hydrogens (tertiary/aromatic N) is 4. The minimum atomic E-state index is -3.85. The molecule has 2 aliphatic rings. The van der Waals surface area contributed by atoms with E-state index in [0.717, 1.165) is 80.5 Å². The minimum absolute atomic E-state index is 0.0515. The smallest absolute Gasteiger partial charge is 0.210 e. The third kappa shape index (κ3) is 8.17. The highest BCUT2D eigenvalue weighted by Crippen LogP contribution is 2.40. The Balaban J connectivity index is 0.000000169. The van der Waals surface area contributed by atoms with E-state index in [1.54, 1.807) is 48.5 Å². The first-order valence-electron chi connectivity index (χ1n) is 18.3. The van der Waals surface area contributed by atoms with Crippen LogP contribution in [-0.4, -0.2) is 53.0 Å². The summed E-state index contributed by atoms with van der Waals surface area (Å²) in [6.07, 6.45) is 6.95. The average Bonchev–Trinajstić information content (AvgIpc) is 3.18. The summed E-state index contributed by atoms with van der Waals surface area (Å²) in [5.74, 6) is 0.782.